The Kier molecular flexibility index (Phi) is 5.92. The van der Waals surface area contributed by atoms with Gasteiger partial charge in [0.05, 0.1) is 12.1 Å². The van der Waals surface area contributed by atoms with Gasteiger partial charge in [-0.15, -0.1) is 0 Å². The first-order valence-electron chi connectivity index (χ1n) is 9.12. The first-order valence-corrected chi connectivity index (χ1v) is 9.12. The van der Waals surface area contributed by atoms with Crippen molar-refractivity contribution in [1.82, 2.24) is 0 Å². The molecule has 0 bridgehead atoms. The standard InChI is InChI=1S/C22H17N5O3.CH4/c23-20(24)15-3-1-14-10-16(4-2-13(14)9-15)21(29)25-17-5-7-19(8-6-17)27-11-18(12-28)26-22(27)30;/h1-10,12H,11H2,(H3,23,24)(H,25,29);1H4/p+1. The number of carbonyl (C=O) groups excluding carboxylic acids is 3. The minimum atomic E-state index is -0.484. The van der Waals surface area contributed by atoms with Crippen LogP contribution < -0.4 is 21.4 Å². The fourth-order valence-corrected chi connectivity index (χ4v) is 3.21. The summed E-state index contributed by atoms with van der Waals surface area (Å²) in [5, 5.41) is 10.3. The number of aldehydes is 1. The van der Waals surface area contributed by atoms with Crippen molar-refractivity contribution < 1.29 is 19.8 Å². The summed E-state index contributed by atoms with van der Waals surface area (Å²) in [6.45, 7) is 0.139. The van der Waals surface area contributed by atoms with E-state index in [9.17, 15) is 14.4 Å². The van der Waals surface area contributed by atoms with Gasteiger partial charge in [-0.1, -0.05) is 19.6 Å². The Morgan fingerprint density at radius 1 is 1.03 bits per heavy atom. The minimum Gasteiger partial charge on any atom is -0.322 e. The molecule has 156 valence electrons. The van der Waals surface area contributed by atoms with Crippen LogP contribution in [0.4, 0.5) is 16.2 Å². The van der Waals surface area contributed by atoms with Crippen LogP contribution in [0.1, 0.15) is 23.3 Å². The second-order valence-corrected chi connectivity index (χ2v) is 6.82. The van der Waals surface area contributed by atoms with Gasteiger partial charge >= 0.3 is 6.03 Å². The number of amides is 3. The molecule has 1 aliphatic rings. The number of nitrogens with one attached hydrogen (secondary N) is 1. The third kappa shape index (κ3) is 4.32. The number of fused-ring (bicyclic) bond motifs is 1. The lowest BCUT2D eigenvalue weighted by molar-refractivity contribution is -0.114. The first kappa shape index (κ1) is 21.4. The number of nitrogens with zero attached hydrogens (tertiary/aromatic N) is 2. The van der Waals surface area contributed by atoms with Gasteiger partial charge in [0, 0.05) is 16.9 Å². The van der Waals surface area contributed by atoms with E-state index in [2.05, 4.69) is 10.3 Å². The van der Waals surface area contributed by atoms with Gasteiger partial charge in [-0.25, -0.2) is 4.79 Å². The number of anilines is 2. The molecule has 5 N–H and O–H groups in total. The SMILES string of the molecule is C.NC(=[NH2+])c1ccc2cc(C(=O)Nc3ccc(N4CC(C=O)=NC4=O)cc3)ccc2c1. The lowest BCUT2D eigenvalue weighted by Crippen LogP contribution is -2.46. The van der Waals surface area contributed by atoms with Gasteiger partial charge in [0.1, 0.15) is 5.71 Å². The van der Waals surface area contributed by atoms with Crippen LogP contribution in [0.25, 0.3) is 10.8 Å². The van der Waals surface area contributed by atoms with Crippen molar-refractivity contribution in [3.63, 3.8) is 0 Å². The van der Waals surface area contributed by atoms with Crippen LogP contribution >= 0.6 is 0 Å². The number of hydrogen-bond donors (Lipinski definition) is 3. The first-order chi connectivity index (χ1) is 14.4. The van der Waals surface area contributed by atoms with Gasteiger partial charge in [-0.05, 0) is 59.3 Å². The fourth-order valence-electron chi connectivity index (χ4n) is 3.21. The molecule has 0 aliphatic carbocycles. The van der Waals surface area contributed by atoms with Gasteiger partial charge in [0.15, 0.2) is 6.29 Å². The fraction of sp³-hybridized carbons (Fsp3) is 0.0870. The third-order valence-electron chi connectivity index (χ3n) is 4.80. The molecular weight excluding hydrogens is 394 g/mol. The van der Waals surface area contributed by atoms with Crippen molar-refractivity contribution in [1.29, 1.82) is 0 Å². The van der Waals surface area contributed by atoms with E-state index in [0.717, 1.165) is 16.3 Å². The van der Waals surface area contributed by atoms with E-state index >= 15 is 0 Å². The monoisotopic (exact) mass is 416 g/mol. The van der Waals surface area contributed by atoms with E-state index in [1.54, 1.807) is 42.5 Å². The number of benzene rings is 3. The zero-order valence-electron chi connectivity index (χ0n) is 15.8. The maximum atomic E-state index is 12.6. The number of aliphatic imine (C=N–C) groups is 1. The zero-order chi connectivity index (χ0) is 21.3. The van der Waals surface area contributed by atoms with E-state index in [1.165, 1.54) is 4.90 Å². The average molecular weight is 416 g/mol. The normalized spacial score (nSPS) is 12.8. The molecule has 0 saturated carbocycles. The van der Waals surface area contributed by atoms with Crippen LogP contribution in [-0.2, 0) is 4.79 Å². The van der Waals surface area contributed by atoms with Gasteiger partial charge in [0.2, 0.25) is 0 Å². The molecule has 0 saturated heterocycles. The molecule has 1 aliphatic heterocycles. The largest absolute Gasteiger partial charge is 0.348 e. The van der Waals surface area contributed by atoms with Crippen LogP contribution in [0.3, 0.4) is 0 Å². The summed E-state index contributed by atoms with van der Waals surface area (Å²) in [6.07, 6.45) is 0.570. The van der Waals surface area contributed by atoms with E-state index in [0.29, 0.717) is 23.2 Å². The van der Waals surface area contributed by atoms with Crippen molar-refractivity contribution >= 4 is 51.9 Å². The summed E-state index contributed by atoms with van der Waals surface area (Å²) in [4.78, 5) is 40.3. The molecule has 1 heterocycles. The lowest BCUT2D eigenvalue weighted by Gasteiger charge is -2.15. The summed E-state index contributed by atoms with van der Waals surface area (Å²) in [6, 6.07) is 17.1. The third-order valence-corrected chi connectivity index (χ3v) is 4.80. The van der Waals surface area contributed by atoms with Crippen LogP contribution in [-0.4, -0.2) is 36.3 Å². The summed E-state index contributed by atoms with van der Waals surface area (Å²) < 4.78 is 0. The van der Waals surface area contributed by atoms with Crippen LogP contribution in [0.2, 0.25) is 0 Å². The molecule has 4 rings (SSSR count). The second kappa shape index (κ2) is 8.58. The summed E-state index contributed by atoms with van der Waals surface area (Å²) in [5.74, 6) is -0.0193. The Balaban J connectivity index is 0.00000272. The molecule has 0 atom stereocenters. The van der Waals surface area contributed by atoms with Gasteiger partial charge < -0.3 is 5.32 Å². The van der Waals surface area contributed by atoms with Crippen molar-refractivity contribution in [3.05, 3.63) is 71.8 Å². The molecule has 0 radical (unpaired) electrons. The Labute approximate surface area is 178 Å². The molecule has 0 fully saturated rings. The van der Waals surface area contributed by atoms with Crippen LogP contribution in [0, 0.1) is 0 Å². The topological polar surface area (TPSA) is 130 Å². The number of urea groups is 1. The van der Waals surface area contributed by atoms with Crippen molar-refractivity contribution in [2.75, 3.05) is 16.8 Å². The lowest BCUT2D eigenvalue weighted by atomic mass is 10.0. The maximum Gasteiger partial charge on any atom is 0.348 e. The van der Waals surface area contributed by atoms with Crippen LogP contribution in [0.5, 0.6) is 0 Å². The summed E-state index contributed by atoms with van der Waals surface area (Å²) in [5.41, 5.74) is 8.23. The number of carbonyl (C=O) groups is 3. The molecule has 31 heavy (non-hydrogen) atoms. The van der Waals surface area contributed by atoms with Crippen molar-refractivity contribution in [2.24, 2.45) is 10.7 Å². The zero-order valence-corrected chi connectivity index (χ0v) is 15.8. The summed E-state index contributed by atoms with van der Waals surface area (Å²) >= 11 is 0. The van der Waals surface area contributed by atoms with E-state index in [1.807, 2.05) is 18.2 Å². The highest BCUT2D eigenvalue weighted by molar-refractivity contribution is 6.36. The van der Waals surface area contributed by atoms with Gasteiger partial charge in [-0.3, -0.25) is 25.6 Å². The predicted octanol–water partition coefficient (Wildman–Crippen LogP) is 1.77. The molecule has 0 aromatic heterocycles. The van der Waals surface area contributed by atoms with E-state index < -0.39 is 6.03 Å². The van der Waals surface area contributed by atoms with Crippen molar-refractivity contribution in [3.8, 4) is 0 Å². The molecule has 0 unspecified atom stereocenters. The molecule has 8 heteroatoms. The quantitative estimate of drug-likeness (QED) is 0.332. The number of rotatable bonds is 5. The Hall–Kier alpha value is -4.33. The Bertz CT molecular complexity index is 1230. The predicted molar refractivity (Wildman–Crippen MR) is 122 cm³/mol. The minimum absolute atomic E-state index is 0. The summed E-state index contributed by atoms with van der Waals surface area (Å²) in [7, 11) is 0. The average Bonchev–Trinajstić information content (AvgIpc) is 3.14. The highest BCUT2D eigenvalue weighted by atomic mass is 16.2. The molecular formula is C23H22N5O3+. The molecule has 0 spiro atoms. The highest BCUT2D eigenvalue weighted by Gasteiger charge is 2.24. The molecule has 3 amide bonds. The Morgan fingerprint density at radius 3 is 2.23 bits per heavy atom. The highest BCUT2D eigenvalue weighted by Crippen LogP contribution is 2.22. The maximum absolute atomic E-state index is 12.6. The van der Waals surface area contributed by atoms with E-state index in [-0.39, 0.29) is 31.4 Å². The van der Waals surface area contributed by atoms with Gasteiger partial charge in [0.25, 0.3) is 11.7 Å². The Morgan fingerprint density at radius 2 is 1.65 bits per heavy atom. The van der Waals surface area contributed by atoms with Gasteiger partial charge in [-0.2, -0.15) is 4.99 Å². The van der Waals surface area contributed by atoms with Crippen LogP contribution in [0.15, 0.2) is 65.7 Å². The number of hydrogen-bond acceptors (Lipinski definition) is 3. The number of amidine groups is 1. The molecule has 8 nitrogen and oxygen atoms in total. The van der Waals surface area contributed by atoms with Crippen molar-refractivity contribution in [2.45, 2.75) is 7.43 Å². The van der Waals surface area contributed by atoms with E-state index in [4.69, 9.17) is 11.1 Å². The number of nitrogens with two attached hydrogens (primary N) is 2. The molecule has 3 aromatic carbocycles. The smallest absolute Gasteiger partial charge is 0.322 e. The second-order valence-electron chi connectivity index (χ2n) is 6.82. The molecule has 3 aromatic rings.